The van der Waals surface area contributed by atoms with Crippen molar-refractivity contribution in [2.24, 2.45) is 0 Å². The molecule has 2 rings (SSSR count). The van der Waals surface area contributed by atoms with Crippen LogP contribution in [0.5, 0.6) is 0 Å². The van der Waals surface area contributed by atoms with Gasteiger partial charge in [0.15, 0.2) is 0 Å². The van der Waals surface area contributed by atoms with E-state index in [0.29, 0.717) is 11.6 Å². The first kappa shape index (κ1) is 14.8. The molecule has 0 aromatic carbocycles. The number of nitrogens with zero attached hydrogens (tertiary/aromatic N) is 1. The zero-order valence-corrected chi connectivity index (χ0v) is 12.5. The molecule has 0 bridgehead atoms. The molecule has 1 saturated carbocycles. The molecule has 0 radical (unpaired) electrons. The summed E-state index contributed by atoms with van der Waals surface area (Å²) in [5.74, 6) is 6.24. The van der Waals surface area contributed by atoms with E-state index in [-0.39, 0.29) is 0 Å². The van der Waals surface area contributed by atoms with Gasteiger partial charge in [0.2, 0.25) is 0 Å². The summed E-state index contributed by atoms with van der Waals surface area (Å²) in [5.41, 5.74) is 0.355. The van der Waals surface area contributed by atoms with Gasteiger partial charge < -0.3 is 10.1 Å². The smallest absolute Gasteiger partial charge is 0.0594 e. The van der Waals surface area contributed by atoms with Crippen molar-refractivity contribution in [3.8, 4) is 11.8 Å². The van der Waals surface area contributed by atoms with Crippen molar-refractivity contribution in [1.29, 1.82) is 0 Å². The van der Waals surface area contributed by atoms with Crippen LogP contribution in [0.3, 0.4) is 0 Å². The molecule has 1 aliphatic carbocycles. The minimum absolute atomic E-state index is 0.355. The van der Waals surface area contributed by atoms with Crippen LogP contribution in [0.1, 0.15) is 45.4 Å². The maximum atomic E-state index is 5.53. The number of nitrogens with one attached hydrogen (secondary N) is 1. The molecule has 3 nitrogen and oxygen atoms in total. The molecule has 1 aliphatic heterocycles. The van der Waals surface area contributed by atoms with Gasteiger partial charge in [0.05, 0.1) is 13.2 Å². The van der Waals surface area contributed by atoms with Crippen LogP contribution in [0.25, 0.3) is 0 Å². The highest BCUT2D eigenvalue weighted by atomic mass is 16.5. The molecule has 0 aromatic heterocycles. The molecule has 108 valence electrons. The molecule has 1 saturated heterocycles. The van der Waals surface area contributed by atoms with E-state index in [1.807, 2.05) is 6.92 Å². The molecular weight excluding hydrogens is 236 g/mol. The van der Waals surface area contributed by atoms with E-state index >= 15 is 0 Å². The zero-order valence-electron chi connectivity index (χ0n) is 12.5. The largest absolute Gasteiger partial charge is 0.379 e. The van der Waals surface area contributed by atoms with Crippen LogP contribution in [0.15, 0.2) is 0 Å². The Hall–Kier alpha value is -0.560. The van der Waals surface area contributed by atoms with Gasteiger partial charge in [0.1, 0.15) is 0 Å². The number of ether oxygens (including phenoxy) is 1. The second-order valence-corrected chi connectivity index (χ2v) is 5.72. The molecule has 0 amide bonds. The van der Waals surface area contributed by atoms with Crippen LogP contribution in [-0.4, -0.2) is 49.8 Å². The summed E-state index contributed by atoms with van der Waals surface area (Å²) in [6.07, 6.45) is 7.57. The van der Waals surface area contributed by atoms with Crippen molar-refractivity contribution in [2.75, 3.05) is 33.4 Å². The first-order valence-electron chi connectivity index (χ1n) is 7.73. The number of morpholine rings is 1. The Labute approximate surface area is 118 Å². The molecule has 1 heterocycles. The Morgan fingerprint density at radius 1 is 1.26 bits per heavy atom. The van der Waals surface area contributed by atoms with Gasteiger partial charge >= 0.3 is 0 Å². The van der Waals surface area contributed by atoms with Crippen LogP contribution in [0, 0.1) is 11.8 Å². The topological polar surface area (TPSA) is 24.5 Å². The van der Waals surface area contributed by atoms with Crippen LogP contribution in [0.2, 0.25) is 0 Å². The van der Waals surface area contributed by atoms with Crippen molar-refractivity contribution < 1.29 is 4.74 Å². The third-order valence-electron chi connectivity index (χ3n) is 4.84. The van der Waals surface area contributed by atoms with E-state index in [4.69, 9.17) is 4.74 Å². The summed E-state index contributed by atoms with van der Waals surface area (Å²) in [4.78, 5) is 2.70. The first-order chi connectivity index (χ1) is 9.33. The van der Waals surface area contributed by atoms with Crippen LogP contribution in [-0.2, 0) is 4.74 Å². The quantitative estimate of drug-likeness (QED) is 0.769. The van der Waals surface area contributed by atoms with Crippen molar-refractivity contribution in [3.63, 3.8) is 0 Å². The Bertz CT molecular complexity index is 319. The van der Waals surface area contributed by atoms with Crippen molar-refractivity contribution in [3.05, 3.63) is 0 Å². The fourth-order valence-electron chi connectivity index (χ4n) is 3.90. The lowest BCUT2D eigenvalue weighted by Crippen LogP contribution is -2.61. The van der Waals surface area contributed by atoms with Gasteiger partial charge in [-0.05, 0) is 33.2 Å². The fraction of sp³-hybridized carbons (Fsp3) is 0.875. The lowest BCUT2D eigenvalue weighted by molar-refractivity contribution is -0.0357. The minimum Gasteiger partial charge on any atom is -0.379 e. The number of likely N-dealkylation sites (N-methyl/N-ethyl adjacent to an activating group) is 1. The lowest BCUT2D eigenvalue weighted by Gasteiger charge is -2.48. The van der Waals surface area contributed by atoms with Gasteiger partial charge in [0, 0.05) is 31.1 Å². The molecule has 1 unspecified atom stereocenters. The predicted octanol–water partition coefficient (Wildman–Crippen LogP) is 2.02. The molecule has 0 aromatic rings. The Morgan fingerprint density at radius 3 is 2.53 bits per heavy atom. The van der Waals surface area contributed by atoms with Gasteiger partial charge in [-0.3, -0.25) is 4.90 Å². The van der Waals surface area contributed by atoms with Crippen LogP contribution in [0.4, 0.5) is 0 Å². The third kappa shape index (κ3) is 3.31. The van der Waals surface area contributed by atoms with Gasteiger partial charge in [-0.1, -0.05) is 12.8 Å². The Balaban J connectivity index is 2.08. The number of rotatable bonds is 5. The van der Waals surface area contributed by atoms with Crippen LogP contribution >= 0.6 is 0 Å². The van der Waals surface area contributed by atoms with E-state index in [0.717, 1.165) is 39.1 Å². The van der Waals surface area contributed by atoms with E-state index in [9.17, 15) is 0 Å². The maximum absolute atomic E-state index is 5.53. The first-order valence-corrected chi connectivity index (χ1v) is 7.73. The Kier molecular flexibility index (Phi) is 5.69. The fourth-order valence-corrected chi connectivity index (χ4v) is 3.90. The van der Waals surface area contributed by atoms with E-state index in [2.05, 4.69) is 29.1 Å². The second kappa shape index (κ2) is 7.28. The molecule has 1 atom stereocenters. The van der Waals surface area contributed by atoms with E-state index < -0.39 is 0 Å². The van der Waals surface area contributed by atoms with Crippen LogP contribution < -0.4 is 5.32 Å². The highest BCUT2D eigenvalue weighted by Gasteiger charge is 2.45. The highest BCUT2D eigenvalue weighted by Crippen LogP contribution is 2.39. The van der Waals surface area contributed by atoms with Gasteiger partial charge in [-0.2, -0.15) is 0 Å². The Morgan fingerprint density at radius 2 is 1.95 bits per heavy atom. The average Bonchev–Trinajstić information content (AvgIpc) is 2.95. The van der Waals surface area contributed by atoms with Gasteiger partial charge in [-0.25, -0.2) is 0 Å². The zero-order chi connectivity index (χ0) is 13.6. The normalized spacial score (nSPS) is 24.7. The molecule has 2 aliphatic rings. The SMILES string of the molecule is CC#CCCC(NC)C1(N2CCOCC2)CCCC1. The standard InChI is InChI=1S/C16H28N2O/c1-3-4-5-8-15(17-2)16(9-6-7-10-16)18-11-13-19-14-12-18/h15,17H,5-14H2,1-2H3. The molecule has 2 fully saturated rings. The van der Waals surface area contributed by atoms with E-state index in [1.54, 1.807) is 0 Å². The molecular formula is C16H28N2O. The summed E-state index contributed by atoms with van der Waals surface area (Å²) in [6, 6.07) is 0.564. The van der Waals surface area contributed by atoms with Crippen molar-refractivity contribution in [1.82, 2.24) is 10.2 Å². The van der Waals surface area contributed by atoms with E-state index in [1.165, 1.54) is 25.7 Å². The minimum atomic E-state index is 0.355. The number of hydrogen-bond donors (Lipinski definition) is 1. The monoisotopic (exact) mass is 264 g/mol. The molecule has 19 heavy (non-hydrogen) atoms. The molecule has 1 N–H and O–H groups in total. The van der Waals surface area contributed by atoms with Crippen molar-refractivity contribution >= 4 is 0 Å². The van der Waals surface area contributed by atoms with Gasteiger partial charge in [-0.15, -0.1) is 11.8 Å². The van der Waals surface area contributed by atoms with Crippen molar-refractivity contribution in [2.45, 2.75) is 57.0 Å². The summed E-state index contributed by atoms with van der Waals surface area (Å²) in [7, 11) is 2.12. The number of hydrogen-bond acceptors (Lipinski definition) is 3. The summed E-state index contributed by atoms with van der Waals surface area (Å²) in [5, 5.41) is 3.59. The summed E-state index contributed by atoms with van der Waals surface area (Å²) in [6.45, 7) is 5.91. The maximum Gasteiger partial charge on any atom is 0.0594 e. The third-order valence-corrected chi connectivity index (χ3v) is 4.84. The average molecular weight is 264 g/mol. The summed E-state index contributed by atoms with van der Waals surface area (Å²) >= 11 is 0. The lowest BCUT2D eigenvalue weighted by atomic mass is 9.83. The highest BCUT2D eigenvalue weighted by molar-refractivity contribution is 5.05. The van der Waals surface area contributed by atoms with Gasteiger partial charge in [0.25, 0.3) is 0 Å². The molecule has 3 heteroatoms. The summed E-state index contributed by atoms with van der Waals surface area (Å²) < 4.78 is 5.53. The molecule has 0 spiro atoms. The second-order valence-electron chi connectivity index (χ2n) is 5.72. The predicted molar refractivity (Wildman–Crippen MR) is 79.1 cm³/mol.